The van der Waals surface area contributed by atoms with E-state index in [1.54, 1.807) is 0 Å². The number of hydrogen-bond acceptors (Lipinski definition) is 5. The molecule has 1 unspecified atom stereocenters. The molecule has 1 aliphatic carbocycles. The first-order valence-corrected chi connectivity index (χ1v) is 13.2. The Kier molecular flexibility index (Phi) is 7.28. The lowest BCUT2D eigenvalue weighted by Gasteiger charge is -2.35. The van der Waals surface area contributed by atoms with Gasteiger partial charge in [0.2, 0.25) is 0 Å². The molecule has 2 aromatic carbocycles. The molecule has 0 saturated heterocycles. The summed E-state index contributed by atoms with van der Waals surface area (Å²) in [7, 11) is 0. The third-order valence-electron chi connectivity index (χ3n) is 7.87. The third kappa shape index (κ3) is 4.98. The zero-order valence-electron chi connectivity index (χ0n) is 21.6. The highest BCUT2D eigenvalue weighted by molar-refractivity contribution is 5.83. The summed E-state index contributed by atoms with van der Waals surface area (Å²) in [4.78, 5) is 18.9. The van der Waals surface area contributed by atoms with Gasteiger partial charge in [0.05, 0.1) is 11.6 Å². The van der Waals surface area contributed by atoms with Crippen LogP contribution >= 0.6 is 0 Å². The lowest BCUT2D eigenvalue weighted by Crippen LogP contribution is -2.39. The van der Waals surface area contributed by atoms with Crippen LogP contribution in [0.25, 0.3) is 10.9 Å². The smallest absolute Gasteiger partial charge is 0.252 e. The SMILES string of the molecule is CCC(c1nnnn1CCc1ccccc1)N(Cc1cc2ccc(C)c(C)c2[nH]c1=O)C1CCCC1. The number of aromatic nitrogens is 5. The Labute approximate surface area is 212 Å². The van der Waals surface area contributed by atoms with Crippen LogP contribution in [-0.2, 0) is 19.5 Å². The number of aromatic amines is 1. The Morgan fingerprint density at radius 2 is 1.89 bits per heavy atom. The summed E-state index contributed by atoms with van der Waals surface area (Å²) in [5, 5.41) is 14.0. The van der Waals surface area contributed by atoms with Crippen LogP contribution in [0.4, 0.5) is 0 Å². The monoisotopic (exact) mass is 484 g/mol. The largest absolute Gasteiger partial charge is 0.321 e. The van der Waals surface area contributed by atoms with Crippen molar-refractivity contribution in [3.8, 4) is 0 Å². The number of nitrogens with zero attached hydrogens (tertiary/aromatic N) is 5. The zero-order valence-corrected chi connectivity index (χ0v) is 21.6. The zero-order chi connectivity index (χ0) is 25.1. The van der Waals surface area contributed by atoms with Gasteiger partial charge < -0.3 is 4.98 Å². The highest BCUT2D eigenvalue weighted by Gasteiger charge is 2.32. The van der Waals surface area contributed by atoms with E-state index in [1.807, 2.05) is 10.7 Å². The average molecular weight is 485 g/mol. The van der Waals surface area contributed by atoms with Gasteiger partial charge in [-0.05, 0) is 78.1 Å². The summed E-state index contributed by atoms with van der Waals surface area (Å²) < 4.78 is 1.96. The number of benzene rings is 2. The third-order valence-corrected chi connectivity index (χ3v) is 7.87. The van der Waals surface area contributed by atoms with Gasteiger partial charge in [0.25, 0.3) is 5.56 Å². The molecule has 0 bridgehead atoms. The van der Waals surface area contributed by atoms with Crippen molar-refractivity contribution in [2.24, 2.45) is 0 Å². The van der Waals surface area contributed by atoms with E-state index in [4.69, 9.17) is 0 Å². The topological polar surface area (TPSA) is 79.7 Å². The fourth-order valence-corrected chi connectivity index (χ4v) is 5.67. The molecule has 0 amide bonds. The van der Waals surface area contributed by atoms with Gasteiger partial charge >= 0.3 is 0 Å². The fourth-order valence-electron chi connectivity index (χ4n) is 5.67. The van der Waals surface area contributed by atoms with Crippen molar-refractivity contribution in [2.45, 2.75) is 84.5 Å². The lowest BCUT2D eigenvalue weighted by molar-refractivity contribution is 0.112. The van der Waals surface area contributed by atoms with Crippen LogP contribution in [0, 0.1) is 13.8 Å². The van der Waals surface area contributed by atoms with Crippen molar-refractivity contribution in [3.05, 3.63) is 87.0 Å². The lowest BCUT2D eigenvalue weighted by atomic mass is 10.0. The minimum Gasteiger partial charge on any atom is -0.321 e. The van der Waals surface area contributed by atoms with E-state index in [-0.39, 0.29) is 11.6 Å². The van der Waals surface area contributed by atoms with Crippen LogP contribution in [-0.4, -0.2) is 36.1 Å². The van der Waals surface area contributed by atoms with E-state index in [0.717, 1.165) is 60.1 Å². The van der Waals surface area contributed by atoms with Crippen LogP contribution in [0.5, 0.6) is 0 Å². The van der Waals surface area contributed by atoms with Gasteiger partial charge in [-0.1, -0.05) is 62.2 Å². The Morgan fingerprint density at radius 1 is 1.11 bits per heavy atom. The maximum absolute atomic E-state index is 13.2. The molecule has 188 valence electrons. The first-order valence-electron chi connectivity index (χ1n) is 13.2. The molecule has 1 saturated carbocycles. The van der Waals surface area contributed by atoms with Crippen molar-refractivity contribution < 1.29 is 0 Å². The number of hydrogen-bond donors (Lipinski definition) is 1. The molecule has 1 fully saturated rings. The number of aryl methyl sites for hydroxylation is 4. The number of rotatable bonds is 9. The van der Waals surface area contributed by atoms with Crippen LogP contribution in [0.15, 0.2) is 53.3 Å². The summed E-state index contributed by atoms with van der Waals surface area (Å²) in [6.07, 6.45) is 6.50. The Balaban J connectivity index is 1.46. The molecule has 5 rings (SSSR count). The fraction of sp³-hybridized carbons (Fsp3) is 0.448. The Morgan fingerprint density at radius 3 is 2.64 bits per heavy atom. The van der Waals surface area contributed by atoms with Gasteiger partial charge in [-0.2, -0.15) is 0 Å². The van der Waals surface area contributed by atoms with Crippen molar-refractivity contribution in [3.63, 3.8) is 0 Å². The maximum atomic E-state index is 13.2. The molecule has 7 nitrogen and oxygen atoms in total. The quantitative estimate of drug-likeness (QED) is 0.350. The van der Waals surface area contributed by atoms with E-state index >= 15 is 0 Å². The summed E-state index contributed by atoms with van der Waals surface area (Å²) in [6, 6.07) is 17.2. The molecule has 36 heavy (non-hydrogen) atoms. The van der Waals surface area contributed by atoms with Crippen LogP contribution < -0.4 is 5.56 Å². The van der Waals surface area contributed by atoms with E-state index in [9.17, 15) is 4.79 Å². The molecular weight excluding hydrogens is 448 g/mol. The van der Waals surface area contributed by atoms with E-state index in [0.29, 0.717) is 12.6 Å². The van der Waals surface area contributed by atoms with Crippen molar-refractivity contribution in [2.75, 3.05) is 0 Å². The highest BCUT2D eigenvalue weighted by atomic mass is 16.1. The number of pyridine rings is 1. The molecule has 0 aliphatic heterocycles. The first kappa shape index (κ1) is 24.4. The van der Waals surface area contributed by atoms with Crippen LogP contribution in [0.1, 0.15) is 73.1 Å². The molecular formula is C29H36N6O. The number of H-pyrrole nitrogens is 1. The molecule has 2 heterocycles. The number of nitrogens with one attached hydrogen (secondary N) is 1. The van der Waals surface area contributed by atoms with Crippen molar-refractivity contribution >= 4 is 10.9 Å². The molecule has 2 aromatic heterocycles. The molecule has 4 aromatic rings. The van der Waals surface area contributed by atoms with Crippen molar-refractivity contribution in [1.82, 2.24) is 30.1 Å². The summed E-state index contributed by atoms with van der Waals surface area (Å²) in [5.41, 5.74) is 5.33. The Hall–Kier alpha value is -3.32. The van der Waals surface area contributed by atoms with Gasteiger partial charge in [0.15, 0.2) is 5.82 Å². The normalized spacial score (nSPS) is 15.2. The summed E-state index contributed by atoms with van der Waals surface area (Å²) >= 11 is 0. The minimum atomic E-state index is -0.00211. The molecule has 1 atom stereocenters. The average Bonchev–Trinajstić information content (AvgIpc) is 3.59. The standard InChI is InChI=1S/C29H36N6O/c1-4-26(28-31-32-33-35(28)17-16-22-10-6-5-7-11-22)34(25-12-8-9-13-25)19-24-18-23-15-14-20(2)21(3)27(23)30-29(24)36/h5-7,10-11,14-15,18,25-26H,4,8-9,12-13,16-17,19H2,1-3H3,(H,30,36). The minimum absolute atomic E-state index is 0.00211. The Bertz CT molecular complexity index is 1370. The predicted octanol–water partition coefficient (Wildman–Crippen LogP) is 5.27. The number of fused-ring (bicyclic) bond motifs is 1. The van der Waals surface area contributed by atoms with E-state index in [1.165, 1.54) is 24.0 Å². The van der Waals surface area contributed by atoms with Gasteiger partial charge in [-0.15, -0.1) is 5.10 Å². The molecule has 0 radical (unpaired) electrons. The molecule has 0 spiro atoms. The molecule has 7 heteroatoms. The van der Waals surface area contributed by atoms with Gasteiger partial charge in [0, 0.05) is 24.7 Å². The molecule has 1 aliphatic rings. The highest BCUT2D eigenvalue weighted by Crippen LogP contribution is 2.33. The van der Waals surface area contributed by atoms with Crippen LogP contribution in [0.2, 0.25) is 0 Å². The van der Waals surface area contributed by atoms with Gasteiger partial charge in [0.1, 0.15) is 0 Å². The maximum Gasteiger partial charge on any atom is 0.252 e. The van der Waals surface area contributed by atoms with E-state index < -0.39 is 0 Å². The second kappa shape index (κ2) is 10.7. The molecule has 1 N–H and O–H groups in total. The number of tetrazole rings is 1. The van der Waals surface area contributed by atoms with Gasteiger partial charge in [-0.25, -0.2) is 4.68 Å². The van der Waals surface area contributed by atoms with Crippen LogP contribution in [0.3, 0.4) is 0 Å². The first-order chi connectivity index (χ1) is 17.5. The summed E-state index contributed by atoms with van der Waals surface area (Å²) in [6.45, 7) is 7.67. The predicted molar refractivity (Wildman–Crippen MR) is 143 cm³/mol. The van der Waals surface area contributed by atoms with E-state index in [2.05, 4.69) is 88.6 Å². The van der Waals surface area contributed by atoms with Crippen molar-refractivity contribution in [1.29, 1.82) is 0 Å². The van der Waals surface area contributed by atoms with Gasteiger partial charge in [-0.3, -0.25) is 9.69 Å². The second-order valence-electron chi connectivity index (χ2n) is 10.1. The summed E-state index contributed by atoms with van der Waals surface area (Å²) in [5.74, 6) is 0.893. The second-order valence-corrected chi connectivity index (χ2v) is 10.1.